The minimum Gasteiger partial charge on any atom is -0.463 e. The fourth-order valence-corrected chi connectivity index (χ4v) is 2.00. The van der Waals surface area contributed by atoms with E-state index >= 15 is 0 Å². The summed E-state index contributed by atoms with van der Waals surface area (Å²) < 4.78 is 5.13. The molecule has 1 unspecified atom stereocenters. The zero-order chi connectivity index (χ0) is 12.8. The molecule has 2 nitrogen and oxygen atoms in total. The van der Waals surface area contributed by atoms with Crippen molar-refractivity contribution in [2.75, 3.05) is 0 Å². The molecule has 0 N–H and O–H groups in total. The molecule has 0 fully saturated rings. The van der Waals surface area contributed by atoms with Gasteiger partial charge in [0.25, 0.3) is 0 Å². The highest BCUT2D eigenvalue weighted by molar-refractivity contribution is 5.66. The van der Waals surface area contributed by atoms with Gasteiger partial charge in [-0.25, -0.2) is 0 Å². The molecular weight excluding hydrogens is 200 g/mol. The van der Waals surface area contributed by atoms with Gasteiger partial charge in [0.15, 0.2) is 0 Å². The van der Waals surface area contributed by atoms with Crippen molar-refractivity contribution < 1.29 is 9.53 Å². The second kappa shape index (κ2) is 6.93. The standard InChI is InChI=1S/C14H28O2/c1-11(8-7-9-14(4,5)6)10-12(2)16-13(3)15/h11-12H,7-10H2,1-6H3/t11-,12?/m0/s1. The molecule has 0 aromatic heterocycles. The highest BCUT2D eigenvalue weighted by Crippen LogP contribution is 2.24. The van der Waals surface area contributed by atoms with Gasteiger partial charge in [-0.3, -0.25) is 4.79 Å². The van der Waals surface area contributed by atoms with Gasteiger partial charge in [-0.05, 0) is 31.1 Å². The van der Waals surface area contributed by atoms with Gasteiger partial charge in [-0.15, -0.1) is 0 Å². The highest BCUT2D eigenvalue weighted by Gasteiger charge is 2.13. The van der Waals surface area contributed by atoms with E-state index in [0.29, 0.717) is 11.3 Å². The van der Waals surface area contributed by atoms with Gasteiger partial charge in [-0.1, -0.05) is 40.5 Å². The highest BCUT2D eigenvalue weighted by atomic mass is 16.5. The number of carbonyl (C=O) groups excluding carboxylic acids is 1. The Morgan fingerprint density at radius 2 is 1.81 bits per heavy atom. The molecule has 0 spiro atoms. The van der Waals surface area contributed by atoms with Gasteiger partial charge < -0.3 is 4.74 Å². The maximum atomic E-state index is 10.8. The SMILES string of the molecule is CC(=O)OC(C)C[C@@H](C)CCCC(C)(C)C. The number of ether oxygens (including phenoxy) is 1. The Hall–Kier alpha value is -0.530. The molecule has 0 bridgehead atoms. The molecule has 0 saturated carbocycles. The van der Waals surface area contributed by atoms with Gasteiger partial charge in [0.1, 0.15) is 0 Å². The Labute approximate surface area is 101 Å². The van der Waals surface area contributed by atoms with Crippen molar-refractivity contribution in [1.29, 1.82) is 0 Å². The van der Waals surface area contributed by atoms with E-state index in [-0.39, 0.29) is 12.1 Å². The molecule has 0 aromatic rings. The van der Waals surface area contributed by atoms with Gasteiger partial charge in [0, 0.05) is 6.92 Å². The molecule has 0 heterocycles. The molecular formula is C14H28O2. The summed E-state index contributed by atoms with van der Waals surface area (Å²) in [7, 11) is 0. The Bertz CT molecular complexity index is 203. The number of hydrogen-bond acceptors (Lipinski definition) is 2. The van der Waals surface area contributed by atoms with E-state index in [1.165, 1.54) is 26.2 Å². The van der Waals surface area contributed by atoms with Crippen LogP contribution in [0.3, 0.4) is 0 Å². The van der Waals surface area contributed by atoms with Crippen molar-refractivity contribution >= 4 is 5.97 Å². The molecule has 2 atom stereocenters. The van der Waals surface area contributed by atoms with E-state index in [0.717, 1.165) is 6.42 Å². The average Bonchev–Trinajstić information content (AvgIpc) is 1.98. The smallest absolute Gasteiger partial charge is 0.302 e. The van der Waals surface area contributed by atoms with Crippen LogP contribution in [-0.2, 0) is 9.53 Å². The minimum absolute atomic E-state index is 0.0575. The molecule has 0 rings (SSSR count). The predicted octanol–water partition coefficient (Wildman–Crippen LogP) is 4.18. The maximum Gasteiger partial charge on any atom is 0.302 e. The van der Waals surface area contributed by atoms with Gasteiger partial charge >= 0.3 is 5.97 Å². The first-order valence-corrected chi connectivity index (χ1v) is 6.38. The molecule has 0 aromatic carbocycles. The van der Waals surface area contributed by atoms with Crippen molar-refractivity contribution in [3.63, 3.8) is 0 Å². The van der Waals surface area contributed by atoms with E-state index in [1.807, 2.05) is 6.92 Å². The summed E-state index contributed by atoms with van der Waals surface area (Å²) in [6.45, 7) is 12.5. The number of esters is 1. The molecule has 0 radical (unpaired) electrons. The van der Waals surface area contributed by atoms with E-state index in [9.17, 15) is 4.79 Å². The normalized spacial score (nSPS) is 15.6. The molecule has 96 valence electrons. The largest absolute Gasteiger partial charge is 0.463 e. The molecule has 0 aliphatic carbocycles. The fourth-order valence-electron chi connectivity index (χ4n) is 2.00. The summed E-state index contributed by atoms with van der Waals surface area (Å²) in [5.74, 6) is 0.464. The molecule has 0 amide bonds. The Kier molecular flexibility index (Phi) is 6.70. The second-order valence-corrected chi connectivity index (χ2v) is 6.21. The Morgan fingerprint density at radius 1 is 1.25 bits per heavy atom. The summed E-state index contributed by atoms with van der Waals surface area (Å²) in [6, 6.07) is 0. The first-order valence-electron chi connectivity index (χ1n) is 6.38. The van der Waals surface area contributed by atoms with Crippen LogP contribution in [0.1, 0.15) is 67.2 Å². The molecule has 0 saturated heterocycles. The van der Waals surface area contributed by atoms with Crippen molar-refractivity contribution in [2.45, 2.75) is 73.3 Å². The molecule has 0 aliphatic rings. The van der Waals surface area contributed by atoms with Crippen LogP contribution >= 0.6 is 0 Å². The van der Waals surface area contributed by atoms with Crippen molar-refractivity contribution in [3.05, 3.63) is 0 Å². The van der Waals surface area contributed by atoms with Crippen LogP contribution in [0.15, 0.2) is 0 Å². The third-order valence-corrected chi connectivity index (χ3v) is 2.73. The Balaban J connectivity index is 3.66. The van der Waals surface area contributed by atoms with Crippen molar-refractivity contribution in [3.8, 4) is 0 Å². The molecule has 16 heavy (non-hydrogen) atoms. The molecule has 0 aliphatic heterocycles. The van der Waals surface area contributed by atoms with Crippen molar-refractivity contribution in [2.24, 2.45) is 11.3 Å². The van der Waals surface area contributed by atoms with Gasteiger partial charge in [0.2, 0.25) is 0 Å². The first kappa shape index (κ1) is 15.5. The lowest BCUT2D eigenvalue weighted by Gasteiger charge is -2.21. The van der Waals surface area contributed by atoms with Crippen LogP contribution in [0.25, 0.3) is 0 Å². The first-order chi connectivity index (χ1) is 7.20. The zero-order valence-electron chi connectivity index (χ0n) is 11.8. The lowest BCUT2D eigenvalue weighted by molar-refractivity contribution is -0.146. The van der Waals surface area contributed by atoms with Crippen LogP contribution in [-0.4, -0.2) is 12.1 Å². The predicted molar refractivity (Wildman–Crippen MR) is 68.3 cm³/mol. The monoisotopic (exact) mass is 228 g/mol. The van der Waals surface area contributed by atoms with Crippen LogP contribution in [0.2, 0.25) is 0 Å². The summed E-state index contributed by atoms with van der Waals surface area (Å²) >= 11 is 0. The van der Waals surface area contributed by atoms with Crippen molar-refractivity contribution in [1.82, 2.24) is 0 Å². The number of carbonyl (C=O) groups is 1. The van der Waals surface area contributed by atoms with Gasteiger partial charge in [0.05, 0.1) is 6.10 Å². The maximum absolute atomic E-state index is 10.8. The van der Waals surface area contributed by atoms with E-state index in [1.54, 1.807) is 0 Å². The molecule has 2 heteroatoms. The minimum atomic E-state index is -0.172. The van der Waals surface area contributed by atoms with Crippen LogP contribution in [0.5, 0.6) is 0 Å². The average molecular weight is 228 g/mol. The fraction of sp³-hybridized carbons (Fsp3) is 0.929. The third kappa shape index (κ3) is 10.0. The zero-order valence-corrected chi connectivity index (χ0v) is 11.8. The Morgan fingerprint density at radius 3 is 2.25 bits per heavy atom. The van der Waals surface area contributed by atoms with E-state index in [2.05, 4.69) is 27.7 Å². The second-order valence-electron chi connectivity index (χ2n) is 6.21. The number of rotatable bonds is 6. The van der Waals surface area contributed by atoms with Crippen LogP contribution in [0, 0.1) is 11.3 Å². The summed E-state index contributed by atoms with van der Waals surface area (Å²) in [6.07, 6.45) is 4.78. The topological polar surface area (TPSA) is 26.3 Å². The van der Waals surface area contributed by atoms with E-state index < -0.39 is 0 Å². The quantitative estimate of drug-likeness (QED) is 0.637. The lowest BCUT2D eigenvalue weighted by Crippen LogP contribution is -2.16. The third-order valence-electron chi connectivity index (χ3n) is 2.73. The summed E-state index contributed by atoms with van der Waals surface area (Å²) in [4.78, 5) is 10.8. The summed E-state index contributed by atoms with van der Waals surface area (Å²) in [5.41, 5.74) is 0.432. The van der Waals surface area contributed by atoms with Gasteiger partial charge in [-0.2, -0.15) is 0 Å². The number of hydrogen-bond donors (Lipinski definition) is 0. The van der Waals surface area contributed by atoms with E-state index in [4.69, 9.17) is 4.74 Å². The van der Waals surface area contributed by atoms with Crippen LogP contribution in [0.4, 0.5) is 0 Å². The summed E-state index contributed by atoms with van der Waals surface area (Å²) in [5, 5.41) is 0. The lowest BCUT2D eigenvalue weighted by atomic mass is 9.87. The van der Waals surface area contributed by atoms with Crippen LogP contribution < -0.4 is 0 Å².